The summed E-state index contributed by atoms with van der Waals surface area (Å²) in [6.07, 6.45) is 0.553. The lowest BCUT2D eigenvalue weighted by Gasteiger charge is -2.39. The molecule has 0 saturated heterocycles. The summed E-state index contributed by atoms with van der Waals surface area (Å²) in [6, 6.07) is 1.20. The second kappa shape index (κ2) is 5.65. The van der Waals surface area contributed by atoms with Crippen molar-refractivity contribution in [1.29, 1.82) is 0 Å². The van der Waals surface area contributed by atoms with Gasteiger partial charge in [-0.05, 0) is 24.1 Å². The van der Waals surface area contributed by atoms with Gasteiger partial charge in [-0.15, -0.1) is 11.6 Å². The first-order chi connectivity index (χ1) is 10.7. The first-order valence-electron chi connectivity index (χ1n) is 7.18. The second-order valence-electron chi connectivity index (χ2n) is 6.14. The van der Waals surface area contributed by atoms with Gasteiger partial charge in [0.05, 0.1) is 5.03 Å². The van der Waals surface area contributed by atoms with Crippen LogP contribution in [0.3, 0.4) is 0 Å². The van der Waals surface area contributed by atoms with E-state index >= 15 is 0 Å². The van der Waals surface area contributed by atoms with Gasteiger partial charge in [-0.1, -0.05) is 42.0 Å². The standard InChI is InChI=1S/C17H14Cl2F3N/c1-16(11-3-2-4-12(18)6-5-11)9-10-7-15(17(20,21)22)23-13(10)8-14(16)19/h5-7,14,23H,3,8-9H2,1H3. The highest BCUT2D eigenvalue weighted by Crippen LogP contribution is 2.46. The molecule has 1 heterocycles. The predicted molar refractivity (Wildman–Crippen MR) is 85.4 cm³/mol. The smallest absolute Gasteiger partial charge is 0.355 e. The molecule has 2 aliphatic rings. The normalized spacial score (nSPS) is 27.3. The fraction of sp³-hybridized carbons (Fsp3) is 0.412. The van der Waals surface area contributed by atoms with Crippen molar-refractivity contribution >= 4 is 23.2 Å². The van der Waals surface area contributed by atoms with Gasteiger partial charge in [-0.2, -0.15) is 13.2 Å². The third-order valence-corrected chi connectivity index (χ3v) is 5.44. The SMILES string of the molecule is CC1(C2=CC=C(Cl)C#CC2)Cc2cc(C(F)(F)F)[nH]c2CC1Cl. The summed E-state index contributed by atoms with van der Waals surface area (Å²) in [7, 11) is 0. The van der Waals surface area contributed by atoms with E-state index in [0.717, 1.165) is 5.57 Å². The van der Waals surface area contributed by atoms with Gasteiger partial charge in [0.15, 0.2) is 0 Å². The van der Waals surface area contributed by atoms with Crippen molar-refractivity contribution in [3.63, 3.8) is 0 Å². The number of hydrogen-bond donors (Lipinski definition) is 1. The van der Waals surface area contributed by atoms with Crippen molar-refractivity contribution in [2.45, 2.75) is 37.7 Å². The molecule has 0 radical (unpaired) electrons. The Morgan fingerprint density at radius 2 is 2.09 bits per heavy atom. The van der Waals surface area contributed by atoms with Crippen LogP contribution >= 0.6 is 23.2 Å². The van der Waals surface area contributed by atoms with Crippen molar-refractivity contribution in [3.8, 4) is 11.8 Å². The molecule has 23 heavy (non-hydrogen) atoms. The van der Waals surface area contributed by atoms with Gasteiger partial charge in [-0.25, -0.2) is 0 Å². The molecule has 2 aliphatic carbocycles. The van der Waals surface area contributed by atoms with Gasteiger partial charge in [-0.3, -0.25) is 0 Å². The Balaban J connectivity index is 1.97. The van der Waals surface area contributed by atoms with Crippen LogP contribution in [-0.4, -0.2) is 10.4 Å². The molecule has 122 valence electrons. The quantitative estimate of drug-likeness (QED) is 0.523. The van der Waals surface area contributed by atoms with Gasteiger partial charge in [0.25, 0.3) is 0 Å². The first kappa shape index (κ1) is 16.5. The molecular formula is C17H14Cl2F3N. The maximum Gasteiger partial charge on any atom is 0.431 e. The number of aromatic nitrogens is 1. The molecule has 0 aliphatic heterocycles. The highest BCUT2D eigenvalue weighted by Gasteiger charge is 2.43. The molecule has 2 atom stereocenters. The number of fused-ring (bicyclic) bond motifs is 1. The van der Waals surface area contributed by atoms with Crippen LogP contribution in [0.25, 0.3) is 0 Å². The van der Waals surface area contributed by atoms with E-state index in [1.807, 2.05) is 13.0 Å². The average Bonchev–Trinajstić information content (AvgIpc) is 2.72. The number of hydrogen-bond acceptors (Lipinski definition) is 0. The summed E-state index contributed by atoms with van der Waals surface area (Å²) in [4.78, 5) is 2.47. The molecule has 0 bridgehead atoms. The number of nitrogens with one attached hydrogen (secondary N) is 1. The Morgan fingerprint density at radius 3 is 2.78 bits per heavy atom. The number of rotatable bonds is 1. The Hall–Kier alpha value is -1.31. The summed E-state index contributed by atoms with van der Waals surface area (Å²) in [6.45, 7) is 1.98. The summed E-state index contributed by atoms with van der Waals surface area (Å²) in [5.74, 6) is 5.79. The van der Waals surface area contributed by atoms with Gasteiger partial charge in [0, 0.05) is 29.3 Å². The molecule has 0 aromatic carbocycles. The molecule has 2 unspecified atom stereocenters. The Morgan fingerprint density at radius 1 is 1.35 bits per heavy atom. The third-order valence-electron chi connectivity index (χ3n) is 4.58. The zero-order valence-electron chi connectivity index (χ0n) is 12.3. The van der Waals surface area contributed by atoms with Gasteiger partial charge >= 0.3 is 6.18 Å². The van der Waals surface area contributed by atoms with E-state index < -0.39 is 17.3 Å². The van der Waals surface area contributed by atoms with Crippen LogP contribution in [0.2, 0.25) is 0 Å². The lowest BCUT2D eigenvalue weighted by molar-refractivity contribution is -0.140. The molecule has 0 saturated carbocycles. The van der Waals surface area contributed by atoms with E-state index in [2.05, 4.69) is 16.8 Å². The van der Waals surface area contributed by atoms with E-state index in [9.17, 15) is 13.2 Å². The minimum atomic E-state index is -4.38. The lowest BCUT2D eigenvalue weighted by Crippen LogP contribution is -2.38. The molecule has 1 N–H and O–H groups in total. The van der Waals surface area contributed by atoms with Crippen LogP contribution in [0.5, 0.6) is 0 Å². The molecule has 1 aromatic rings. The van der Waals surface area contributed by atoms with Crippen molar-refractivity contribution in [2.24, 2.45) is 5.41 Å². The summed E-state index contributed by atoms with van der Waals surface area (Å²) in [5.41, 5.74) is 1.08. The van der Waals surface area contributed by atoms with E-state index in [4.69, 9.17) is 23.2 Å². The fourth-order valence-corrected chi connectivity index (χ4v) is 3.65. The minimum absolute atomic E-state index is 0.312. The predicted octanol–water partition coefficient (Wildman–Crippen LogP) is 5.20. The maximum atomic E-state index is 12.9. The van der Waals surface area contributed by atoms with Crippen molar-refractivity contribution in [1.82, 2.24) is 4.98 Å². The van der Waals surface area contributed by atoms with Crippen LogP contribution in [0.1, 0.15) is 30.3 Å². The molecule has 6 heteroatoms. The van der Waals surface area contributed by atoms with Crippen LogP contribution < -0.4 is 0 Å². The van der Waals surface area contributed by atoms with Crippen LogP contribution in [-0.2, 0) is 19.0 Å². The third kappa shape index (κ3) is 3.05. The van der Waals surface area contributed by atoms with Crippen molar-refractivity contribution in [2.75, 3.05) is 0 Å². The highest BCUT2D eigenvalue weighted by molar-refractivity contribution is 6.32. The van der Waals surface area contributed by atoms with Gasteiger partial charge in [0.1, 0.15) is 5.69 Å². The lowest BCUT2D eigenvalue weighted by atomic mass is 9.68. The Bertz CT molecular complexity index is 761. The van der Waals surface area contributed by atoms with E-state index in [-0.39, 0.29) is 5.38 Å². The molecule has 1 aromatic heterocycles. The van der Waals surface area contributed by atoms with Crippen molar-refractivity contribution < 1.29 is 13.2 Å². The molecule has 3 rings (SSSR count). The Labute approximate surface area is 142 Å². The summed E-state index contributed by atoms with van der Waals surface area (Å²) in [5, 5.41) is 0.139. The number of H-pyrrole nitrogens is 1. The summed E-state index contributed by atoms with van der Waals surface area (Å²) < 4.78 is 38.7. The highest BCUT2D eigenvalue weighted by atomic mass is 35.5. The molecular weight excluding hydrogens is 346 g/mol. The number of alkyl halides is 4. The number of aromatic amines is 1. The Kier molecular flexibility index (Phi) is 4.06. The monoisotopic (exact) mass is 359 g/mol. The largest absolute Gasteiger partial charge is 0.431 e. The first-order valence-corrected chi connectivity index (χ1v) is 7.99. The molecule has 1 nitrogen and oxygen atoms in total. The summed E-state index contributed by atoms with van der Waals surface area (Å²) >= 11 is 12.5. The number of halogens is 5. The van der Waals surface area contributed by atoms with E-state index in [1.165, 1.54) is 6.07 Å². The topological polar surface area (TPSA) is 15.8 Å². The fourth-order valence-electron chi connectivity index (χ4n) is 3.15. The number of allylic oxidation sites excluding steroid dienone is 4. The zero-order valence-corrected chi connectivity index (χ0v) is 13.8. The van der Waals surface area contributed by atoms with Crippen molar-refractivity contribution in [3.05, 3.63) is 45.8 Å². The van der Waals surface area contributed by atoms with Gasteiger partial charge < -0.3 is 4.98 Å². The van der Waals surface area contributed by atoms with Gasteiger partial charge in [0.2, 0.25) is 0 Å². The molecule has 0 amide bonds. The van der Waals surface area contributed by atoms with Crippen LogP contribution in [0, 0.1) is 17.3 Å². The molecule has 0 spiro atoms. The maximum absolute atomic E-state index is 12.9. The van der Waals surface area contributed by atoms with E-state index in [1.54, 1.807) is 6.08 Å². The van der Waals surface area contributed by atoms with Crippen LogP contribution in [0.4, 0.5) is 13.2 Å². The zero-order chi connectivity index (χ0) is 16.8. The van der Waals surface area contributed by atoms with E-state index in [0.29, 0.717) is 35.6 Å². The van der Waals surface area contributed by atoms with Crippen LogP contribution in [0.15, 0.2) is 28.8 Å². The second-order valence-corrected chi connectivity index (χ2v) is 7.07. The molecule has 0 fully saturated rings. The minimum Gasteiger partial charge on any atom is -0.355 e. The average molecular weight is 360 g/mol.